The predicted octanol–water partition coefficient (Wildman–Crippen LogP) is 3.77. The van der Waals surface area contributed by atoms with Crippen LogP contribution >= 0.6 is 11.3 Å². The van der Waals surface area contributed by atoms with Gasteiger partial charge in [0, 0.05) is 38.1 Å². The van der Waals surface area contributed by atoms with Crippen molar-refractivity contribution in [3.63, 3.8) is 0 Å². The number of nitrogens with zero attached hydrogens (tertiary/aromatic N) is 5. The molecule has 172 valence electrons. The van der Waals surface area contributed by atoms with Gasteiger partial charge < -0.3 is 19.4 Å². The van der Waals surface area contributed by atoms with Crippen LogP contribution in [0.2, 0.25) is 0 Å². The number of nitriles is 1. The molecule has 0 bridgehead atoms. The SMILES string of the molecule is Cc1ccc2nc(OCCCN(C)C)c(C#N)c(N3CCN(C(=O)c4cccs4)CC3)c2c1. The number of hydrogen-bond donors (Lipinski definition) is 0. The number of rotatable bonds is 7. The first-order chi connectivity index (χ1) is 16.0. The summed E-state index contributed by atoms with van der Waals surface area (Å²) in [7, 11) is 4.05. The summed E-state index contributed by atoms with van der Waals surface area (Å²) in [6, 6.07) is 12.2. The first-order valence-corrected chi connectivity index (χ1v) is 12.1. The largest absolute Gasteiger partial charge is 0.477 e. The lowest BCUT2D eigenvalue weighted by Gasteiger charge is -2.37. The number of fused-ring (bicyclic) bond motifs is 1. The number of anilines is 1. The van der Waals surface area contributed by atoms with E-state index in [0.717, 1.165) is 40.0 Å². The highest BCUT2D eigenvalue weighted by Gasteiger charge is 2.27. The Morgan fingerprint density at radius 3 is 2.70 bits per heavy atom. The number of piperazine rings is 1. The molecule has 0 aliphatic carbocycles. The average Bonchev–Trinajstić information content (AvgIpc) is 3.35. The van der Waals surface area contributed by atoms with Gasteiger partial charge >= 0.3 is 0 Å². The van der Waals surface area contributed by atoms with Crippen LogP contribution in [0.1, 0.15) is 27.2 Å². The standard InChI is InChI=1S/C25H29N5O2S/c1-18-7-8-21-19(16-18)23(20(17-26)24(27-21)32-14-5-9-28(2)3)29-10-12-30(13-11-29)25(31)22-6-4-15-33-22/h4,6-8,15-16H,5,9-14H2,1-3H3. The smallest absolute Gasteiger partial charge is 0.264 e. The third-order valence-corrected chi connectivity index (χ3v) is 6.65. The minimum atomic E-state index is 0.0745. The zero-order chi connectivity index (χ0) is 23.4. The number of thiophene rings is 1. The Morgan fingerprint density at radius 1 is 1.24 bits per heavy atom. The molecule has 7 nitrogen and oxygen atoms in total. The lowest BCUT2D eigenvalue weighted by atomic mass is 10.0. The van der Waals surface area contributed by atoms with Gasteiger partial charge in [-0.1, -0.05) is 17.7 Å². The summed E-state index contributed by atoms with van der Waals surface area (Å²) in [5.41, 5.74) is 3.25. The third kappa shape index (κ3) is 5.10. The van der Waals surface area contributed by atoms with Crippen molar-refractivity contribution in [2.24, 2.45) is 0 Å². The van der Waals surface area contributed by atoms with E-state index in [2.05, 4.69) is 26.9 Å². The first-order valence-electron chi connectivity index (χ1n) is 11.2. The first kappa shape index (κ1) is 23.0. The van der Waals surface area contributed by atoms with E-state index in [1.54, 1.807) is 0 Å². The molecule has 0 N–H and O–H groups in total. The lowest BCUT2D eigenvalue weighted by molar-refractivity contribution is 0.0751. The Balaban J connectivity index is 1.62. The fraction of sp³-hybridized carbons (Fsp3) is 0.400. The highest BCUT2D eigenvalue weighted by atomic mass is 32.1. The molecule has 0 radical (unpaired) electrons. The summed E-state index contributed by atoms with van der Waals surface area (Å²) >= 11 is 1.47. The van der Waals surface area contributed by atoms with Crippen LogP contribution < -0.4 is 9.64 Å². The topological polar surface area (TPSA) is 72.7 Å². The summed E-state index contributed by atoms with van der Waals surface area (Å²) < 4.78 is 6.01. The maximum absolute atomic E-state index is 12.8. The lowest BCUT2D eigenvalue weighted by Crippen LogP contribution is -2.49. The van der Waals surface area contributed by atoms with Crippen LogP contribution in [-0.2, 0) is 0 Å². The Hall–Kier alpha value is -3.15. The Bertz CT molecular complexity index is 1160. The average molecular weight is 464 g/mol. The van der Waals surface area contributed by atoms with Crippen molar-refractivity contribution in [2.45, 2.75) is 13.3 Å². The third-order valence-electron chi connectivity index (χ3n) is 5.80. The van der Waals surface area contributed by atoms with Crippen LogP contribution in [-0.4, -0.2) is 74.1 Å². The van der Waals surface area contributed by atoms with E-state index in [0.29, 0.717) is 44.2 Å². The molecule has 1 aliphatic heterocycles. The molecule has 1 amide bonds. The van der Waals surface area contributed by atoms with E-state index < -0.39 is 0 Å². The second-order valence-corrected chi connectivity index (χ2v) is 9.48. The van der Waals surface area contributed by atoms with Crippen molar-refractivity contribution in [2.75, 3.05) is 58.3 Å². The van der Waals surface area contributed by atoms with Crippen LogP contribution in [0.5, 0.6) is 5.88 Å². The molecule has 0 unspecified atom stereocenters. The van der Waals surface area contributed by atoms with Crippen LogP contribution in [0.15, 0.2) is 35.7 Å². The maximum atomic E-state index is 12.8. The second kappa shape index (κ2) is 10.2. The molecule has 3 aromatic rings. The van der Waals surface area contributed by atoms with Crippen molar-refractivity contribution in [3.8, 4) is 11.9 Å². The highest BCUT2D eigenvalue weighted by molar-refractivity contribution is 7.12. The van der Waals surface area contributed by atoms with E-state index in [-0.39, 0.29) is 5.91 Å². The fourth-order valence-corrected chi connectivity index (χ4v) is 4.80. The van der Waals surface area contributed by atoms with E-state index in [9.17, 15) is 10.1 Å². The number of aromatic nitrogens is 1. The number of carbonyl (C=O) groups excluding carboxylic acids is 1. The number of amides is 1. The number of ether oxygens (including phenoxy) is 1. The number of aryl methyl sites for hydroxylation is 1. The zero-order valence-electron chi connectivity index (χ0n) is 19.4. The van der Waals surface area contributed by atoms with Crippen LogP contribution in [0.3, 0.4) is 0 Å². The van der Waals surface area contributed by atoms with Crippen molar-refractivity contribution >= 4 is 33.8 Å². The molecule has 3 heterocycles. The normalized spacial score (nSPS) is 14.0. The Morgan fingerprint density at radius 2 is 2.03 bits per heavy atom. The van der Waals surface area contributed by atoms with Gasteiger partial charge in [0.05, 0.1) is 22.7 Å². The number of benzene rings is 1. The number of hydrogen-bond acceptors (Lipinski definition) is 7. The van der Waals surface area contributed by atoms with E-state index in [1.807, 2.05) is 55.6 Å². The fourth-order valence-electron chi connectivity index (χ4n) is 4.11. The maximum Gasteiger partial charge on any atom is 0.264 e. The van der Waals surface area contributed by atoms with Gasteiger partial charge in [0.25, 0.3) is 5.91 Å². The summed E-state index contributed by atoms with van der Waals surface area (Å²) in [6.07, 6.45) is 0.852. The summed E-state index contributed by atoms with van der Waals surface area (Å²) in [5.74, 6) is 0.463. The predicted molar refractivity (Wildman–Crippen MR) is 132 cm³/mol. The minimum Gasteiger partial charge on any atom is -0.477 e. The van der Waals surface area contributed by atoms with E-state index in [1.165, 1.54) is 11.3 Å². The zero-order valence-corrected chi connectivity index (χ0v) is 20.2. The highest BCUT2D eigenvalue weighted by Crippen LogP contribution is 2.36. The van der Waals surface area contributed by atoms with Gasteiger partial charge in [-0.15, -0.1) is 11.3 Å². The number of carbonyl (C=O) groups is 1. The molecular weight excluding hydrogens is 434 g/mol. The molecular formula is C25H29N5O2S. The molecule has 0 atom stereocenters. The Labute approximate surface area is 198 Å². The van der Waals surface area contributed by atoms with Gasteiger partial charge in [-0.2, -0.15) is 5.26 Å². The summed E-state index contributed by atoms with van der Waals surface area (Å²) in [5, 5.41) is 13.0. The Kier molecular flexibility index (Phi) is 7.11. The van der Waals surface area contributed by atoms with Gasteiger partial charge in [-0.3, -0.25) is 4.79 Å². The van der Waals surface area contributed by atoms with Crippen LogP contribution in [0.25, 0.3) is 10.9 Å². The van der Waals surface area contributed by atoms with Crippen molar-refractivity contribution < 1.29 is 9.53 Å². The van der Waals surface area contributed by atoms with Gasteiger partial charge in [0.15, 0.2) is 0 Å². The molecule has 1 saturated heterocycles. The van der Waals surface area contributed by atoms with Crippen LogP contribution in [0, 0.1) is 18.3 Å². The van der Waals surface area contributed by atoms with Crippen molar-refractivity contribution in [1.82, 2.24) is 14.8 Å². The molecule has 8 heteroatoms. The molecule has 2 aromatic heterocycles. The number of pyridine rings is 1. The van der Waals surface area contributed by atoms with Crippen molar-refractivity contribution in [1.29, 1.82) is 5.26 Å². The summed E-state index contributed by atoms with van der Waals surface area (Å²) in [4.78, 5) is 24.4. The van der Waals surface area contributed by atoms with E-state index >= 15 is 0 Å². The minimum absolute atomic E-state index is 0.0745. The van der Waals surface area contributed by atoms with Gasteiger partial charge in [0.2, 0.25) is 5.88 Å². The second-order valence-electron chi connectivity index (χ2n) is 8.53. The van der Waals surface area contributed by atoms with Crippen molar-refractivity contribution in [3.05, 3.63) is 51.7 Å². The molecule has 0 spiro atoms. The van der Waals surface area contributed by atoms with Gasteiger partial charge in [0.1, 0.15) is 11.6 Å². The monoisotopic (exact) mass is 463 g/mol. The molecule has 1 fully saturated rings. The van der Waals surface area contributed by atoms with Gasteiger partial charge in [-0.25, -0.2) is 4.98 Å². The molecule has 4 rings (SSSR count). The molecule has 1 aliphatic rings. The van der Waals surface area contributed by atoms with Gasteiger partial charge in [-0.05, 0) is 51.0 Å². The molecule has 1 aromatic carbocycles. The van der Waals surface area contributed by atoms with E-state index in [4.69, 9.17) is 4.74 Å². The summed E-state index contributed by atoms with van der Waals surface area (Å²) in [6.45, 7) is 5.96. The quantitative estimate of drug-likeness (QED) is 0.497. The molecule has 0 saturated carbocycles. The van der Waals surface area contributed by atoms with Crippen LogP contribution in [0.4, 0.5) is 5.69 Å². The molecule has 33 heavy (non-hydrogen) atoms.